The van der Waals surface area contributed by atoms with Gasteiger partial charge in [0.25, 0.3) is 0 Å². The molecule has 2 N–H and O–H groups in total. The van der Waals surface area contributed by atoms with Gasteiger partial charge in [0, 0.05) is 12.4 Å². The third-order valence-corrected chi connectivity index (χ3v) is 3.59. The zero-order valence-electron chi connectivity index (χ0n) is 12.5. The molecule has 0 aliphatic carbocycles. The number of anilines is 1. The average Bonchev–Trinajstić information content (AvgIpc) is 2.91. The summed E-state index contributed by atoms with van der Waals surface area (Å²) in [6, 6.07) is 10.9. The monoisotopic (exact) mass is 393 g/mol. The Morgan fingerprint density at radius 1 is 0.800 bits per heavy atom. The van der Waals surface area contributed by atoms with Gasteiger partial charge in [-0.15, -0.1) is 0 Å². The Kier molecular flexibility index (Phi) is 5.28. The smallest absolute Gasteiger partial charge is 0.224 e. The molecule has 0 spiro atoms. The zero-order chi connectivity index (χ0) is 17.8. The van der Waals surface area contributed by atoms with Crippen LogP contribution >= 0.6 is 34.8 Å². The van der Waals surface area contributed by atoms with Crippen LogP contribution in [0.25, 0.3) is 16.9 Å². The third-order valence-electron chi connectivity index (χ3n) is 3.02. The first-order valence-electron chi connectivity index (χ1n) is 6.90. The van der Waals surface area contributed by atoms with Crippen molar-refractivity contribution >= 4 is 51.8 Å². The second-order valence-corrected chi connectivity index (χ2v) is 5.69. The van der Waals surface area contributed by atoms with E-state index in [1.807, 2.05) is 24.3 Å². The number of hydrogen-bond acceptors (Lipinski definition) is 6. The molecule has 126 valence electrons. The lowest BCUT2D eigenvalue weighted by atomic mass is 10.3. The van der Waals surface area contributed by atoms with Crippen molar-refractivity contribution in [1.82, 2.24) is 29.5 Å². The van der Waals surface area contributed by atoms with Crippen molar-refractivity contribution in [2.45, 2.75) is 0 Å². The molecular weight excluding hydrogens is 385 g/mol. The maximum atomic E-state index is 5.88. The number of imidazole rings is 1. The van der Waals surface area contributed by atoms with Crippen LogP contribution in [-0.2, 0) is 0 Å². The van der Waals surface area contributed by atoms with E-state index in [0.717, 1.165) is 11.0 Å². The number of nitrogen functional groups attached to an aromatic ring is 1. The molecule has 0 atom stereocenters. The second kappa shape index (κ2) is 7.60. The number of nitrogens with two attached hydrogens (primary N) is 1. The Hall–Kier alpha value is -2.48. The molecule has 10 heteroatoms. The van der Waals surface area contributed by atoms with Crippen LogP contribution in [-0.4, -0.2) is 29.5 Å². The van der Waals surface area contributed by atoms with E-state index in [9.17, 15) is 0 Å². The van der Waals surface area contributed by atoms with Gasteiger partial charge in [-0.3, -0.25) is 4.57 Å². The van der Waals surface area contributed by atoms with E-state index in [1.54, 1.807) is 22.9 Å². The number of fused-ring (bicyclic) bond motifs is 1. The van der Waals surface area contributed by atoms with E-state index < -0.39 is 0 Å². The molecule has 4 rings (SSSR count). The lowest BCUT2D eigenvalue weighted by Crippen LogP contribution is -2.03. The largest absolute Gasteiger partial charge is 0.369 e. The van der Waals surface area contributed by atoms with Crippen LogP contribution in [0.1, 0.15) is 0 Å². The third kappa shape index (κ3) is 4.14. The molecule has 0 saturated heterocycles. The van der Waals surface area contributed by atoms with E-state index >= 15 is 0 Å². The van der Waals surface area contributed by atoms with Crippen LogP contribution in [0.3, 0.4) is 0 Å². The Labute approximate surface area is 157 Å². The number of rotatable bonds is 1. The number of para-hydroxylation sites is 2. The van der Waals surface area contributed by atoms with E-state index in [4.69, 9.17) is 40.5 Å². The number of benzene rings is 1. The van der Waals surface area contributed by atoms with Crippen LogP contribution < -0.4 is 5.73 Å². The van der Waals surface area contributed by atoms with Gasteiger partial charge in [0.15, 0.2) is 0 Å². The first-order chi connectivity index (χ1) is 12.0. The van der Waals surface area contributed by atoms with Gasteiger partial charge in [0.2, 0.25) is 16.5 Å². The molecule has 0 fully saturated rings. The molecule has 0 amide bonds. The summed E-state index contributed by atoms with van der Waals surface area (Å²) >= 11 is 16.5. The maximum Gasteiger partial charge on any atom is 0.224 e. The number of nitrogens with zero attached hydrogens (tertiary/aromatic N) is 6. The van der Waals surface area contributed by atoms with Crippen LogP contribution in [0.15, 0.2) is 48.8 Å². The number of halogens is 3. The summed E-state index contributed by atoms with van der Waals surface area (Å²) in [7, 11) is 0. The van der Waals surface area contributed by atoms with Crippen LogP contribution in [0.5, 0.6) is 0 Å². The molecule has 0 radical (unpaired) electrons. The van der Waals surface area contributed by atoms with Crippen molar-refractivity contribution in [2.24, 2.45) is 0 Å². The van der Waals surface area contributed by atoms with Gasteiger partial charge in [-0.05, 0) is 47.5 Å². The highest BCUT2D eigenvalue weighted by Crippen LogP contribution is 2.21. The first-order valence-corrected chi connectivity index (χ1v) is 8.04. The zero-order valence-corrected chi connectivity index (χ0v) is 14.8. The fourth-order valence-electron chi connectivity index (χ4n) is 2.05. The van der Waals surface area contributed by atoms with Gasteiger partial charge in [0.1, 0.15) is 11.0 Å². The first kappa shape index (κ1) is 17.3. The van der Waals surface area contributed by atoms with Gasteiger partial charge in [0.05, 0.1) is 11.0 Å². The summed E-state index contributed by atoms with van der Waals surface area (Å²) < 4.78 is 1.74. The van der Waals surface area contributed by atoms with Gasteiger partial charge in [-0.25, -0.2) is 19.9 Å². The molecule has 4 aromatic rings. The van der Waals surface area contributed by atoms with Crippen molar-refractivity contribution < 1.29 is 0 Å². The van der Waals surface area contributed by atoms with E-state index in [-0.39, 0.29) is 10.6 Å². The van der Waals surface area contributed by atoms with E-state index in [2.05, 4.69) is 24.9 Å². The molecule has 0 unspecified atom stereocenters. The fourth-order valence-corrected chi connectivity index (χ4v) is 2.52. The predicted octanol–water partition coefficient (Wildman–Crippen LogP) is 3.83. The molecule has 7 nitrogen and oxygen atoms in total. The minimum Gasteiger partial charge on any atom is -0.369 e. The minimum absolute atomic E-state index is 0.178. The number of aromatic nitrogens is 6. The molecular formula is C15H10Cl3N7. The standard InChI is InChI=1S/C11H8ClN5.C4H2Cl2N2/c12-10-14-6-5-9(16-10)17-8-4-2-1-3-7(8)15-11(17)13;5-3-1-2-7-4(6)8-3/h1-6H,(H2,13,15);1-2H. The van der Waals surface area contributed by atoms with E-state index in [1.165, 1.54) is 6.20 Å². The van der Waals surface area contributed by atoms with Crippen molar-refractivity contribution in [2.75, 3.05) is 5.73 Å². The van der Waals surface area contributed by atoms with Crippen molar-refractivity contribution in [1.29, 1.82) is 0 Å². The molecule has 25 heavy (non-hydrogen) atoms. The van der Waals surface area contributed by atoms with Crippen LogP contribution in [0.2, 0.25) is 15.7 Å². The lowest BCUT2D eigenvalue weighted by molar-refractivity contribution is 1.01. The van der Waals surface area contributed by atoms with E-state index in [0.29, 0.717) is 16.9 Å². The molecule has 1 aromatic carbocycles. The van der Waals surface area contributed by atoms with Crippen molar-refractivity contribution in [3.63, 3.8) is 0 Å². The second-order valence-electron chi connectivity index (χ2n) is 4.63. The normalized spacial score (nSPS) is 10.4. The topological polar surface area (TPSA) is 95.4 Å². The average molecular weight is 395 g/mol. The summed E-state index contributed by atoms with van der Waals surface area (Å²) in [5.74, 6) is 0.983. The highest BCUT2D eigenvalue weighted by Gasteiger charge is 2.10. The lowest BCUT2D eigenvalue weighted by Gasteiger charge is -2.04. The van der Waals surface area contributed by atoms with Gasteiger partial charge < -0.3 is 5.73 Å². The molecule has 0 aliphatic rings. The highest BCUT2D eigenvalue weighted by atomic mass is 35.5. The van der Waals surface area contributed by atoms with Crippen molar-refractivity contribution in [3.8, 4) is 5.82 Å². The summed E-state index contributed by atoms with van der Waals surface area (Å²) in [5.41, 5.74) is 7.59. The summed E-state index contributed by atoms with van der Waals surface area (Å²) in [6.45, 7) is 0. The highest BCUT2D eigenvalue weighted by molar-refractivity contribution is 6.31. The van der Waals surface area contributed by atoms with Gasteiger partial charge in [-0.1, -0.05) is 23.7 Å². The Balaban J connectivity index is 0.000000192. The van der Waals surface area contributed by atoms with Crippen molar-refractivity contribution in [3.05, 3.63) is 64.5 Å². The molecule has 0 aliphatic heterocycles. The molecule has 3 heterocycles. The minimum atomic E-state index is 0.178. The summed E-state index contributed by atoms with van der Waals surface area (Å²) in [5, 5.41) is 0.724. The summed E-state index contributed by atoms with van der Waals surface area (Å²) in [6.07, 6.45) is 3.08. The van der Waals surface area contributed by atoms with Gasteiger partial charge >= 0.3 is 0 Å². The number of hydrogen-bond donors (Lipinski definition) is 1. The van der Waals surface area contributed by atoms with Crippen LogP contribution in [0.4, 0.5) is 5.95 Å². The summed E-state index contributed by atoms with van der Waals surface area (Å²) in [4.78, 5) is 19.4. The quantitative estimate of drug-likeness (QED) is 0.389. The van der Waals surface area contributed by atoms with Crippen LogP contribution in [0, 0.1) is 0 Å². The maximum absolute atomic E-state index is 5.88. The predicted molar refractivity (Wildman–Crippen MR) is 98.1 cm³/mol. The molecule has 0 saturated carbocycles. The fraction of sp³-hybridized carbons (Fsp3) is 0. The molecule has 3 aromatic heterocycles. The Morgan fingerprint density at radius 2 is 1.48 bits per heavy atom. The SMILES string of the molecule is Clc1ccnc(Cl)n1.Nc1nc2ccccc2n1-c1ccnc(Cl)n1. The Bertz CT molecular complexity index is 1000. The Morgan fingerprint density at radius 3 is 2.12 bits per heavy atom. The molecule has 0 bridgehead atoms. The van der Waals surface area contributed by atoms with Gasteiger partial charge in [-0.2, -0.15) is 4.98 Å².